The van der Waals surface area contributed by atoms with E-state index in [4.69, 9.17) is 10.5 Å². The highest BCUT2D eigenvalue weighted by Gasteiger charge is 2.23. The number of hydrogen-bond acceptors (Lipinski definition) is 4. The van der Waals surface area contributed by atoms with E-state index < -0.39 is 0 Å². The summed E-state index contributed by atoms with van der Waals surface area (Å²) in [5.41, 5.74) is 8.29. The second kappa shape index (κ2) is 5.16. The first kappa shape index (κ1) is 12.5. The number of nitrogens with two attached hydrogens (primary N) is 1. The highest BCUT2D eigenvalue weighted by Crippen LogP contribution is 2.13. The molecule has 1 aliphatic rings. The van der Waals surface area contributed by atoms with E-state index >= 15 is 0 Å². The summed E-state index contributed by atoms with van der Waals surface area (Å²) in [5, 5.41) is 4.36. The molecule has 0 saturated carbocycles. The van der Waals surface area contributed by atoms with Crippen LogP contribution in [0.5, 0.6) is 0 Å². The average Bonchev–Trinajstić information content (AvgIpc) is 2.58. The molecule has 0 spiro atoms. The molecule has 0 amide bonds. The molecule has 1 aromatic heterocycles. The van der Waals surface area contributed by atoms with Crippen molar-refractivity contribution in [2.45, 2.75) is 32.5 Å². The lowest BCUT2D eigenvalue weighted by molar-refractivity contribution is -0.0404. The summed E-state index contributed by atoms with van der Waals surface area (Å²) in [5.74, 6) is 0. The predicted molar refractivity (Wildman–Crippen MR) is 66.6 cm³/mol. The van der Waals surface area contributed by atoms with Crippen molar-refractivity contribution in [2.75, 3.05) is 19.7 Å². The maximum Gasteiger partial charge on any atom is 0.0850 e. The Morgan fingerprint density at radius 1 is 1.65 bits per heavy atom. The molecule has 2 unspecified atom stereocenters. The Morgan fingerprint density at radius 3 is 3.00 bits per heavy atom. The Labute approximate surface area is 103 Å². The van der Waals surface area contributed by atoms with Crippen LogP contribution in [0.25, 0.3) is 0 Å². The molecule has 1 aromatic rings. The summed E-state index contributed by atoms with van der Waals surface area (Å²) in [4.78, 5) is 2.39. The summed E-state index contributed by atoms with van der Waals surface area (Å²) in [6.07, 6.45) is 2.24. The lowest BCUT2D eigenvalue weighted by atomic mass is 10.1. The average molecular weight is 238 g/mol. The lowest BCUT2D eigenvalue weighted by Crippen LogP contribution is -2.49. The molecule has 5 heteroatoms. The quantitative estimate of drug-likeness (QED) is 0.821. The van der Waals surface area contributed by atoms with Gasteiger partial charge in [-0.2, -0.15) is 5.10 Å². The van der Waals surface area contributed by atoms with E-state index in [1.165, 1.54) is 5.56 Å². The van der Waals surface area contributed by atoms with Crippen LogP contribution in [-0.2, 0) is 18.3 Å². The highest BCUT2D eigenvalue weighted by molar-refractivity contribution is 5.15. The number of rotatable bonds is 3. The van der Waals surface area contributed by atoms with E-state index in [0.29, 0.717) is 0 Å². The van der Waals surface area contributed by atoms with Crippen molar-refractivity contribution in [1.29, 1.82) is 0 Å². The Bertz CT molecular complexity index is 375. The van der Waals surface area contributed by atoms with Crippen LogP contribution < -0.4 is 5.73 Å². The fourth-order valence-electron chi connectivity index (χ4n) is 2.24. The van der Waals surface area contributed by atoms with Crippen LogP contribution in [0.15, 0.2) is 6.20 Å². The normalized spacial score (nSPS) is 23.9. The molecular weight excluding hydrogens is 216 g/mol. The van der Waals surface area contributed by atoms with Crippen LogP contribution in [0.1, 0.15) is 18.2 Å². The van der Waals surface area contributed by atoms with Crippen molar-refractivity contribution in [3.05, 3.63) is 17.5 Å². The van der Waals surface area contributed by atoms with E-state index in [0.717, 1.165) is 31.9 Å². The second-order valence-electron chi connectivity index (χ2n) is 4.92. The van der Waals surface area contributed by atoms with Crippen molar-refractivity contribution in [2.24, 2.45) is 12.8 Å². The van der Waals surface area contributed by atoms with Gasteiger partial charge >= 0.3 is 0 Å². The number of aromatic nitrogens is 2. The molecule has 2 heterocycles. The topological polar surface area (TPSA) is 56.3 Å². The van der Waals surface area contributed by atoms with Crippen LogP contribution >= 0.6 is 0 Å². The molecule has 1 saturated heterocycles. The number of aryl methyl sites for hydroxylation is 2. The van der Waals surface area contributed by atoms with Gasteiger partial charge in [0, 0.05) is 44.5 Å². The van der Waals surface area contributed by atoms with Crippen LogP contribution in [0.4, 0.5) is 0 Å². The minimum Gasteiger partial charge on any atom is -0.374 e. The molecule has 17 heavy (non-hydrogen) atoms. The van der Waals surface area contributed by atoms with Crippen LogP contribution in [0, 0.1) is 6.92 Å². The predicted octanol–water partition coefficient (Wildman–Crippen LogP) is 0.277. The first-order chi connectivity index (χ1) is 8.06. The first-order valence-corrected chi connectivity index (χ1v) is 6.15. The van der Waals surface area contributed by atoms with E-state index in [1.807, 2.05) is 18.7 Å². The van der Waals surface area contributed by atoms with Gasteiger partial charge in [0.05, 0.1) is 18.4 Å². The molecule has 0 aromatic carbocycles. The highest BCUT2D eigenvalue weighted by atomic mass is 16.5. The van der Waals surface area contributed by atoms with Crippen molar-refractivity contribution < 1.29 is 4.74 Å². The fraction of sp³-hybridized carbons (Fsp3) is 0.750. The first-order valence-electron chi connectivity index (χ1n) is 6.15. The molecule has 0 bridgehead atoms. The van der Waals surface area contributed by atoms with Gasteiger partial charge in [-0.1, -0.05) is 0 Å². The lowest BCUT2D eigenvalue weighted by Gasteiger charge is -2.34. The zero-order chi connectivity index (χ0) is 12.4. The van der Waals surface area contributed by atoms with E-state index in [-0.39, 0.29) is 12.1 Å². The van der Waals surface area contributed by atoms with Crippen molar-refractivity contribution in [3.8, 4) is 0 Å². The molecule has 96 valence electrons. The Balaban J connectivity index is 1.97. The van der Waals surface area contributed by atoms with Gasteiger partial charge in [-0.05, 0) is 13.8 Å². The zero-order valence-corrected chi connectivity index (χ0v) is 10.9. The number of morpholine rings is 1. The van der Waals surface area contributed by atoms with Gasteiger partial charge < -0.3 is 10.5 Å². The summed E-state index contributed by atoms with van der Waals surface area (Å²) >= 11 is 0. The van der Waals surface area contributed by atoms with Gasteiger partial charge in [0.1, 0.15) is 0 Å². The third-order valence-electron chi connectivity index (χ3n) is 3.27. The standard InChI is InChI=1S/C12H22N4O/c1-9(13)12-8-16(4-5-17-12)7-11-6-15(3)14-10(11)2/h6,9,12H,4-5,7-8,13H2,1-3H3. The molecule has 1 aliphatic heterocycles. The third-order valence-corrected chi connectivity index (χ3v) is 3.27. The van der Waals surface area contributed by atoms with Crippen LogP contribution in [0.3, 0.4) is 0 Å². The number of ether oxygens (including phenoxy) is 1. The Morgan fingerprint density at radius 2 is 2.41 bits per heavy atom. The summed E-state index contributed by atoms with van der Waals surface area (Å²) in [7, 11) is 1.96. The van der Waals surface area contributed by atoms with Crippen molar-refractivity contribution in [1.82, 2.24) is 14.7 Å². The number of nitrogens with zero attached hydrogens (tertiary/aromatic N) is 3. The molecule has 0 radical (unpaired) electrons. The smallest absolute Gasteiger partial charge is 0.0850 e. The van der Waals surface area contributed by atoms with Crippen molar-refractivity contribution in [3.63, 3.8) is 0 Å². The maximum absolute atomic E-state index is 5.89. The minimum absolute atomic E-state index is 0.0906. The molecule has 2 rings (SSSR count). The molecule has 2 N–H and O–H groups in total. The van der Waals surface area contributed by atoms with Gasteiger partial charge in [0.25, 0.3) is 0 Å². The summed E-state index contributed by atoms with van der Waals surface area (Å²) in [6.45, 7) is 7.64. The SMILES string of the molecule is Cc1nn(C)cc1CN1CCOC(C(C)N)C1. The minimum atomic E-state index is 0.0906. The zero-order valence-electron chi connectivity index (χ0n) is 10.9. The molecule has 5 nitrogen and oxygen atoms in total. The van der Waals surface area contributed by atoms with Gasteiger partial charge in [0.2, 0.25) is 0 Å². The van der Waals surface area contributed by atoms with Crippen LogP contribution in [0.2, 0.25) is 0 Å². The van der Waals surface area contributed by atoms with E-state index in [9.17, 15) is 0 Å². The maximum atomic E-state index is 5.89. The van der Waals surface area contributed by atoms with E-state index in [2.05, 4.69) is 23.1 Å². The summed E-state index contributed by atoms with van der Waals surface area (Å²) in [6, 6.07) is 0.0906. The summed E-state index contributed by atoms with van der Waals surface area (Å²) < 4.78 is 7.52. The van der Waals surface area contributed by atoms with E-state index in [1.54, 1.807) is 0 Å². The number of hydrogen-bond donors (Lipinski definition) is 1. The second-order valence-corrected chi connectivity index (χ2v) is 4.92. The Hall–Kier alpha value is -0.910. The molecular formula is C12H22N4O. The fourth-order valence-corrected chi connectivity index (χ4v) is 2.24. The Kier molecular flexibility index (Phi) is 3.81. The third kappa shape index (κ3) is 3.06. The van der Waals surface area contributed by atoms with Gasteiger partial charge in [-0.25, -0.2) is 0 Å². The van der Waals surface area contributed by atoms with Crippen molar-refractivity contribution >= 4 is 0 Å². The van der Waals surface area contributed by atoms with Gasteiger partial charge in [-0.3, -0.25) is 9.58 Å². The molecule has 2 atom stereocenters. The molecule has 0 aliphatic carbocycles. The largest absolute Gasteiger partial charge is 0.374 e. The monoisotopic (exact) mass is 238 g/mol. The molecule has 1 fully saturated rings. The van der Waals surface area contributed by atoms with Gasteiger partial charge in [-0.15, -0.1) is 0 Å². The van der Waals surface area contributed by atoms with Gasteiger partial charge in [0.15, 0.2) is 0 Å². The van der Waals surface area contributed by atoms with Crippen LogP contribution in [-0.4, -0.2) is 46.5 Å².